The van der Waals surface area contributed by atoms with E-state index in [1.165, 1.54) is 24.3 Å². The highest BCUT2D eigenvalue weighted by atomic mass is 19.1. The Morgan fingerprint density at radius 1 is 1.19 bits per heavy atom. The second-order valence-electron chi connectivity index (χ2n) is 7.37. The molecule has 148 valence electrons. The lowest BCUT2D eigenvalue weighted by Crippen LogP contribution is -2.58. The van der Waals surface area contributed by atoms with Crippen molar-refractivity contribution in [3.63, 3.8) is 0 Å². The second-order valence-corrected chi connectivity index (χ2v) is 7.37. The Morgan fingerprint density at radius 3 is 2.52 bits per heavy atom. The number of hydrogen-bond donors (Lipinski definition) is 4. The van der Waals surface area contributed by atoms with E-state index in [9.17, 15) is 14.0 Å². The Labute approximate surface area is 159 Å². The summed E-state index contributed by atoms with van der Waals surface area (Å²) in [7, 11) is 0. The fourth-order valence-electron chi connectivity index (χ4n) is 3.84. The predicted molar refractivity (Wildman–Crippen MR) is 101 cm³/mol. The number of anilines is 1. The fourth-order valence-corrected chi connectivity index (χ4v) is 3.84. The Bertz CT molecular complexity index is 659. The third kappa shape index (κ3) is 4.82. The first kappa shape index (κ1) is 19.7. The Balaban J connectivity index is 1.59. The van der Waals surface area contributed by atoms with E-state index in [4.69, 9.17) is 0 Å². The van der Waals surface area contributed by atoms with Crippen molar-refractivity contribution in [2.75, 3.05) is 25.0 Å². The smallest absolute Gasteiger partial charge is 0.248 e. The molecule has 3 unspecified atom stereocenters. The Hall–Kier alpha value is -2.03. The van der Waals surface area contributed by atoms with Gasteiger partial charge in [-0.05, 0) is 50.5 Å². The third-order valence-corrected chi connectivity index (χ3v) is 5.49. The predicted octanol–water partition coefficient (Wildman–Crippen LogP) is 0.846. The fraction of sp³-hybridized carbons (Fsp3) is 0.579. The Kier molecular flexibility index (Phi) is 6.41. The highest BCUT2D eigenvalue weighted by molar-refractivity contribution is 5.97. The molecule has 1 aromatic carbocycles. The van der Waals surface area contributed by atoms with Gasteiger partial charge in [-0.3, -0.25) is 20.4 Å². The van der Waals surface area contributed by atoms with Gasteiger partial charge in [0.2, 0.25) is 11.8 Å². The van der Waals surface area contributed by atoms with Gasteiger partial charge >= 0.3 is 0 Å². The molecule has 0 bridgehead atoms. The number of rotatable bonds is 5. The number of carbonyl (C=O) groups excluding carboxylic acids is 2. The minimum Gasteiger partial charge on any atom is -0.328 e. The molecular weight excluding hydrogens is 349 g/mol. The van der Waals surface area contributed by atoms with Crippen LogP contribution in [0, 0.1) is 11.7 Å². The van der Waals surface area contributed by atoms with Gasteiger partial charge in [-0.1, -0.05) is 0 Å². The molecule has 0 saturated carbocycles. The molecule has 8 heteroatoms. The van der Waals surface area contributed by atoms with Gasteiger partial charge in [0.1, 0.15) is 11.9 Å². The van der Waals surface area contributed by atoms with Gasteiger partial charge in [0.25, 0.3) is 0 Å². The van der Waals surface area contributed by atoms with Gasteiger partial charge in [-0.15, -0.1) is 0 Å². The van der Waals surface area contributed by atoms with E-state index < -0.39 is 6.04 Å². The molecule has 3 atom stereocenters. The zero-order valence-electron chi connectivity index (χ0n) is 15.8. The van der Waals surface area contributed by atoms with E-state index in [1.54, 1.807) is 4.90 Å². The van der Waals surface area contributed by atoms with Crippen LogP contribution in [-0.4, -0.2) is 54.5 Å². The van der Waals surface area contributed by atoms with E-state index in [0.717, 1.165) is 6.42 Å². The van der Waals surface area contributed by atoms with Gasteiger partial charge in [0, 0.05) is 43.8 Å². The van der Waals surface area contributed by atoms with Crippen LogP contribution in [0.1, 0.15) is 26.7 Å². The maximum Gasteiger partial charge on any atom is 0.248 e. The lowest BCUT2D eigenvalue weighted by Gasteiger charge is -2.35. The topological polar surface area (TPSA) is 85.5 Å². The van der Waals surface area contributed by atoms with E-state index >= 15 is 0 Å². The minimum atomic E-state index is -0.564. The van der Waals surface area contributed by atoms with Crippen molar-refractivity contribution in [3.8, 4) is 0 Å². The van der Waals surface area contributed by atoms with E-state index in [1.807, 2.05) is 0 Å². The van der Waals surface area contributed by atoms with Crippen LogP contribution in [0.15, 0.2) is 24.3 Å². The summed E-state index contributed by atoms with van der Waals surface area (Å²) in [6.07, 6.45) is 1.19. The number of hydrogen-bond acceptors (Lipinski definition) is 5. The van der Waals surface area contributed by atoms with Crippen LogP contribution in [0.3, 0.4) is 0 Å². The number of piperazine rings is 1. The van der Waals surface area contributed by atoms with Crippen molar-refractivity contribution >= 4 is 17.5 Å². The molecule has 2 saturated heterocycles. The lowest BCUT2D eigenvalue weighted by molar-refractivity contribution is -0.139. The number of nitrogens with zero attached hydrogens (tertiary/aromatic N) is 1. The number of carbonyl (C=O) groups is 2. The second kappa shape index (κ2) is 8.77. The number of hydrazine groups is 1. The molecule has 2 aliphatic heterocycles. The number of amides is 2. The molecule has 1 aromatic rings. The molecule has 7 nitrogen and oxygen atoms in total. The molecule has 0 radical (unpaired) electrons. The zero-order chi connectivity index (χ0) is 19.4. The molecule has 2 amide bonds. The van der Waals surface area contributed by atoms with Crippen molar-refractivity contribution in [2.45, 2.75) is 44.8 Å². The summed E-state index contributed by atoms with van der Waals surface area (Å²) >= 11 is 0. The number of halogens is 1. The first-order chi connectivity index (χ1) is 13.0. The molecule has 3 rings (SSSR count). The number of benzene rings is 1. The monoisotopic (exact) mass is 377 g/mol. The van der Waals surface area contributed by atoms with E-state index in [2.05, 4.69) is 35.3 Å². The van der Waals surface area contributed by atoms with Crippen LogP contribution in [0.5, 0.6) is 0 Å². The van der Waals surface area contributed by atoms with Crippen LogP contribution in [0.2, 0.25) is 0 Å². The molecule has 2 heterocycles. The van der Waals surface area contributed by atoms with Gasteiger partial charge in [0.05, 0.1) is 0 Å². The highest BCUT2D eigenvalue weighted by Crippen LogP contribution is 2.21. The van der Waals surface area contributed by atoms with Gasteiger partial charge < -0.3 is 15.5 Å². The first-order valence-electron chi connectivity index (χ1n) is 9.53. The largest absolute Gasteiger partial charge is 0.328 e. The minimum absolute atomic E-state index is 0.00190. The third-order valence-electron chi connectivity index (χ3n) is 5.49. The summed E-state index contributed by atoms with van der Waals surface area (Å²) in [6, 6.07) is 5.68. The van der Waals surface area contributed by atoms with Crippen LogP contribution >= 0.6 is 0 Å². The maximum atomic E-state index is 13.0. The van der Waals surface area contributed by atoms with E-state index in [-0.39, 0.29) is 17.6 Å². The maximum absolute atomic E-state index is 13.0. The van der Waals surface area contributed by atoms with Crippen molar-refractivity contribution in [1.82, 2.24) is 21.1 Å². The van der Waals surface area contributed by atoms with Crippen molar-refractivity contribution < 1.29 is 14.0 Å². The molecule has 27 heavy (non-hydrogen) atoms. The van der Waals surface area contributed by atoms with Crippen LogP contribution in [0.25, 0.3) is 0 Å². The summed E-state index contributed by atoms with van der Waals surface area (Å²) in [6.45, 7) is 5.81. The first-order valence-corrected chi connectivity index (χ1v) is 9.53. The van der Waals surface area contributed by atoms with E-state index in [0.29, 0.717) is 49.7 Å². The molecule has 4 N–H and O–H groups in total. The molecule has 0 spiro atoms. The lowest BCUT2D eigenvalue weighted by atomic mass is 9.91. The van der Waals surface area contributed by atoms with Crippen molar-refractivity contribution in [3.05, 3.63) is 30.1 Å². The van der Waals surface area contributed by atoms with Gasteiger partial charge in [-0.2, -0.15) is 0 Å². The molecule has 2 fully saturated rings. The molecule has 0 aromatic heterocycles. The van der Waals surface area contributed by atoms with Crippen LogP contribution < -0.4 is 21.5 Å². The number of nitrogens with one attached hydrogen (secondary N) is 4. The van der Waals surface area contributed by atoms with Crippen molar-refractivity contribution in [1.29, 1.82) is 0 Å². The van der Waals surface area contributed by atoms with Gasteiger partial charge in [-0.25, -0.2) is 4.39 Å². The molecule has 2 aliphatic rings. The molecular formula is C19H28FN5O2. The van der Waals surface area contributed by atoms with Crippen LogP contribution in [-0.2, 0) is 9.59 Å². The summed E-state index contributed by atoms with van der Waals surface area (Å²) in [4.78, 5) is 27.1. The highest BCUT2D eigenvalue weighted by Gasteiger charge is 2.34. The summed E-state index contributed by atoms with van der Waals surface area (Å²) in [5.41, 5.74) is 6.93. The van der Waals surface area contributed by atoms with Crippen molar-refractivity contribution in [2.24, 2.45) is 5.92 Å². The standard InChI is InChI=1S/C19H28FN5O2/c1-12-16(13(2)24-23-12)7-8-18(26)25-10-9-21-11-17(25)19(27)22-15-5-3-14(20)4-6-15/h3-6,12-13,16-17,21,23-24H,7-11H2,1-2H3,(H,22,27). The summed E-state index contributed by atoms with van der Waals surface area (Å²) in [5.74, 6) is -0.234. The summed E-state index contributed by atoms with van der Waals surface area (Å²) < 4.78 is 13.0. The normalized spacial score (nSPS) is 28.2. The SMILES string of the molecule is CC1NNC(C)C1CCC(=O)N1CCNCC1C(=O)Nc1ccc(F)cc1. The summed E-state index contributed by atoms with van der Waals surface area (Å²) in [5, 5.41) is 5.95. The average Bonchev–Trinajstić information content (AvgIpc) is 2.99. The quantitative estimate of drug-likeness (QED) is 0.611. The van der Waals surface area contributed by atoms with Crippen LogP contribution in [0.4, 0.5) is 10.1 Å². The molecule has 0 aliphatic carbocycles. The Morgan fingerprint density at radius 2 is 1.85 bits per heavy atom. The average molecular weight is 377 g/mol. The zero-order valence-corrected chi connectivity index (χ0v) is 15.8. The van der Waals surface area contributed by atoms with Gasteiger partial charge in [0.15, 0.2) is 0 Å².